The Morgan fingerprint density at radius 3 is 2.76 bits per heavy atom. The SMILES string of the molecule is COCCNC(=O)c1cc(-c2ccccc2)n([C@@H]2CCS(=O)(=O)C2)n1. The van der Waals surface area contributed by atoms with Crippen LogP contribution in [0.5, 0.6) is 0 Å². The first-order valence-corrected chi connectivity index (χ1v) is 9.95. The number of hydrogen-bond donors (Lipinski definition) is 1. The van der Waals surface area contributed by atoms with Gasteiger partial charge in [-0.2, -0.15) is 5.10 Å². The Hall–Kier alpha value is -2.19. The fourth-order valence-corrected chi connectivity index (χ4v) is 4.63. The van der Waals surface area contributed by atoms with E-state index in [0.29, 0.717) is 19.6 Å². The zero-order valence-corrected chi connectivity index (χ0v) is 14.8. The normalized spacial score (nSPS) is 19.0. The van der Waals surface area contributed by atoms with E-state index in [0.717, 1.165) is 11.3 Å². The highest BCUT2D eigenvalue weighted by molar-refractivity contribution is 7.91. The molecule has 1 aromatic heterocycles. The van der Waals surface area contributed by atoms with E-state index in [9.17, 15) is 13.2 Å². The molecule has 3 rings (SSSR count). The van der Waals surface area contributed by atoms with Crippen molar-refractivity contribution in [3.05, 3.63) is 42.1 Å². The summed E-state index contributed by atoms with van der Waals surface area (Å²) in [6.45, 7) is 0.805. The van der Waals surface area contributed by atoms with E-state index in [1.165, 1.54) is 0 Å². The fourth-order valence-electron chi connectivity index (χ4n) is 2.93. The fraction of sp³-hybridized carbons (Fsp3) is 0.412. The molecule has 0 unspecified atom stereocenters. The van der Waals surface area contributed by atoms with Crippen LogP contribution in [0.3, 0.4) is 0 Å². The maximum atomic E-state index is 12.3. The first kappa shape index (κ1) is 17.6. The number of carbonyl (C=O) groups is 1. The summed E-state index contributed by atoms with van der Waals surface area (Å²) in [6, 6.07) is 11.0. The second-order valence-electron chi connectivity index (χ2n) is 6.03. The van der Waals surface area contributed by atoms with Crippen LogP contribution in [-0.2, 0) is 14.6 Å². The van der Waals surface area contributed by atoms with Gasteiger partial charge in [0.2, 0.25) is 0 Å². The van der Waals surface area contributed by atoms with Gasteiger partial charge in [-0.25, -0.2) is 8.42 Å². The van der Waals surface area contributed by atoms with E-state index in [2.05, 4.69) is 10.4 Å². The molecule has 1 fully saturated rings. The molecule has 8 heteroatoms. The summed E-state index contributed by atoms with van der Waals surface area (Å²) in [5, 5.41) is 7.15. The van der Waals surface area contributed by atoms with Crippen molar-refractivity contribution in [3.8, 4) is 11.3 Å². The Morgan fingerprint density at radius 1 is 1.36 bits per heavy atom. The van der Waals surface area contributed by atoms with Gasteiger partial charge in [0.1, 0.15) is 0 Å². The zero-order chi connectivity index (χ0) is 17.9. The molecule has 2 aromatic rings. The van der Waals surface area contributed by atoms with Gasteiger partial charge in [-0.3, -0.25) is 9.48 Å². The van der Waals surface area contributed by atoms with Gasteiger partial charge in [0.05, 0.1) is 29.8 Å². The van der Waals surface area contributed by atoms with Crippen molar-refractivity contribution < 1.29 is 17.9 Å². The maximum Gasteiger partial charge on any atom is 0.271 e. The third-order valence-corrected chi connectivity index (χ3v) is 5.93. The third kappa shape index (κ3) is 4.08. The molecule has 1 aromatic carbocycles. The van der Waals surface area contributed by atoms with E-state index in [1.54, 1.807) is 17.9 Å². The van der Waals surface area contributed by atoms with Gasteiger partial charge in [0.25, 0.3) is 5.91 Å². The van der Waals surface area contributed by atoms with Crippen molar-refractivity contribution >= 4 is 15.7 Å². The molecule has 7 nitrogen and oxygen atoms in total. The van der Waals surface area contributed by atoms with E-state index < -0.39 is 9.84 Å². The maximum absolute atomic E-state index is 12.3. The number of benzene rings is 1. The van der Waals surface area contributed by atoms with Crippen molar-refractivity contribution in [2.75, 3.05) is 31.8 Å². The number of nitrogens with zero attached hydrogens (tertiary/aromatic N) is 2. The van der Waals surface area contributed by atoms with Crippen LogP contribution >= 0.6 is 0 Å². The molecule has 1 N–H and O–H groups in total. The minimum absolute atomic E-state index is 0.0548. The molecule has 0 radical (unpaired) electrons. The van der Waals surface area contributed by atoms with Gasteiger partial charge in [-0.1, -0.05) is 30.3 Å². The van der Waals surface area contributed by atoms with E-state index in [4.69, 9.17) is 4.74 Å². The minimum atomic E-state index is -3.05. The molecular formula is C17H21N3O4S. The molecule has 25 heavy (non-hydrogen) atoms. The predicted octanol–water partition coefficient (Wildman–Crippen LogP) is 1.29. The molecule has 1 aliphatic heterocycles. The second kappa shape index (κ2) is 7.37. The van der Waals surface area contributed by atoms with Gasteiger partial charge in [-0.15, -0.1) is 0 Å². The molecule has 1 saturated heterocycles. The van der Waals surface area contributed by atoms with Crippen molar-refractivity contribution in [1.82, 2.24) is 15.1 Å². The monoisotopic (exact) mass is 363 g/mol. The molecule has 0 aliphatic carbocycles. The largest absolute Gasteiger partial charge is 0.383 e. The Labute approximate surface area is 146 Å². The second-order valence-corrected chi connectivity index (χ2v) is 8.26. The molecule has 2 heterocycles. The van der Waals surface area contributed by atoms with Gasteiger partial charge in [-0.05, 0) is 18.1 Å². The highest BCUT2D eigenvalue weighted by atomic mass is 32.2. The van der Waals surface area contributed by atoms with Gasteiger partial charge >= 0.3 is 0 Å². The number of hydrogen-bond acceptors (Lipinski definition) is 5. The summed E-state index contributed by atoms with van der Waals surface area (Å²) >= 11 is 0. The van der Waals surface area contributed by atoms with E-state index >= 15 is 0 Å². The van der Waals surface area contributed by atoms with Crippen LogP contribution in [0.2, 0.25) is 0 Å². The van der Waals surface area contributed by atoms with Crippen LogP contribution in [0.1, 0.15) is 23.0 Å². The summed E-state index contributed by atoms with van der Waals surface area (Å²) in [4.78, 5) is 12.3. The average molecular weight is 363 g/mol. The molecule has 1 atom stereocenters. The average Bonchev–Trinajstić information content (AvgIpc) is 3.19. The summed E-state index contributed by atoms with van der Waals surface area (Å²) in [5.74, 6) is -0.0887. The number of methoxy groups -OCH3 is 1. The summed E-state index contributed by atoms with van der Waals surface area (Å²) in [5.41, 5.74) is 1.93. The number of carbonyl (C=O) groups excluding carboxylic acids is 1. The zero-order valence-electron chi connectivity index (χ0n) is 14.0. The first-order valence-electron chi connectivity index (χ1n) is 8.13. The van der Waals surface area contributed by atoms with Crippen LogP contribution in [0, 0.1) is 0 Å². The molecule has 1 amide bonds. The molecule has 0 spiro atoms. The minimum Gasteiger partial charge on any atom is -0.383 e. The number of ether oxygens (including phenoxy) is 1. The number of sulfone groups is 1. The number of rotatable bonds is 6. The van der Waals surface area contributed by atoms with Crippen LogP contribution < -0.4 is 5.32 Å². The standard InChI is InChI=1S/C17H21N3O4S/c1-24-9-8-18-17(21)15-11-16(13-5-3-2-4-6-13)20(19-15)14-7-10-25(22,23)12-14/h2-6,11,14H,7-10,12H2,1H3,(H,18,21)/t14-/m1/s1. The van der Waals surface area contributed by atoms with Crippen LogP contribution in [0.15, 0.2) is 36.4 Å². The molecular weight excluding hydrogens is 342 g/mol. The van der Waals surface area contributed by atoms with Crippen molar-refractivity contribution in [2.24, 2.45) is 0 Å². The molecule has 0 bridgehead atoms. The smallest absolute Gasteiger partial charge is 0.271 e. The lowest BCUT2D eigenvalue weighted by Gasteiger charge is -2.13. The van der Waals surface area contributed by atoms with Crippen LogP contribution in [0.4, 0.5) is 0 Å². The Balaban J connectivity index is 1.93. The summed E-state index contributed by atoms with van der Waals surface area (Å²) in [7, 11) is -1.48. The predicted molar refractivity (Wildman–Crippen MR) is 94.2 cm³/mol. The van der Waals surface area contributed by atoms with Gasteiger partial charge in [0.15, 0.2) is 15.5 Å². The lowest BCUT2D eigenvalue weighted by Crippen LogP contribution is -2.27. The Bertz CT molecular complexity index is 846. The van der Waals surface area contributed by atoms with Crippen LogP contribution in [0.25, 0.3) is 11.3 Å². The van der Waals surface area contributed by atoms with Crippen molar-refractivity contribution in [1.29, 1.82) is 0 Å². The first-order chi connectivity index (χ1) is 12.0. The molecule has 134 valence electrons. The number of aromatic nitrogens is 2. The lowest BCUT2D eigenvalue weighted by atomic mass is 10.1. The third-order valence-electron chi connectivity index (χ3n) is 4.18. The van der Waals surface area contributed by atoms with Gasteiger partial charge in [0, 0.05) is 13.7 Å². The van der Waals surface area contributed by atoms with E-state index in [-0.39, 0.29) is 29.1 Å². The highest BCUT2D eigenvalue weighted by Crippen LogP contribution is 2.30. The highest BCUT2D eigenvalue weighted by Gasteiger charge is 2.32. The molecule has 0 saturated carbocycles. The molecule has 1 aliphatic rings. The topological polar surface area (TPSA) is 90.3 Å². The summed E-state index contributed by atoms with van der Waals surface area (Å²) < 4.78 is 30.3. The van der Waals surface area contributed by atoms with E-state index in [1.807, 2.05) is 30.3 Å². The lowest BCUT2D eigenvalue weighted by molar-refractivity contribution is 0.0931. The Kier molecular flexibility index (Phi) is 5.19. The van der Waals surface area contributed by atoms with Gasteiger partial charge < -0.3 is 10.1 Å². The van der Waals surface area contributed by atoms with Crippen molar-refractivity contribution in [3.63, 3.8) is 0 Å². The summed E-state index contributed by atoms with van der Waals surface area (Å²) in [6.07, 6.45) is 0.509. The number of nitrogens with one attached hydrogen (secondary N) is 1. The van der Waals surface area contributed by atoms with Crippen LogP contribution in [-0.4, -0.2) is 55.9 Å². The Morgan fingerprint density at radius 2 is 2.12 bits per heavy atom. The number of amides is 1. The van der Waals surface area contributed by atoms with Crippen molar-refractivity contribution in [2.45, 2.75) is 12.5 Å². The quantitative estimate of drug-likeness (QED) is 0.781.